The van der Waals surface area contributed by atoms with Gasteiger partial charge in [-0.3, -0.25) is 9.78 Å². The van der Waals surface area contributed by atoms with E-state index < -0.39 is 0 Å². The van der Waals surface area contributed by atoms with Gasteiger partial charge in [-0.2, -0.15) is 0 Å². The van der Waals surface area contributed by atoms with Gasteiger partial charge in [0.15, 0.2) is 0 Å². The van der Waals surface area contributed by atoms with Gasteiger partial charge >= 0.3 is 0 Å². The van der Waals surface area contributed by atoms with Crippen LogP contribution in [0.1, 0.15) is 44.1 Å². The van der Waals surface area contributed by atoms with Crippen molar-refractivity contribution in [1.29, 1.82) is 0 Å². The maximum absolute atomic E-state index is 12.3. The van der Waals surface area contributed by atoms with Gasteiger partial charge in [0.2, 0.25) is 0 Å². The molecule has 1 N–H and O–H groups in total. The number of amides is 1. The van der Waals surface area contributed by atoms with Gasteiger partial charge in [-0.05, 0) is 31.9 Å². The molecule has 0 radical (unpaired) electrons. The van der Waals surface area contributed by atoms with E-state index in [1.165, 1.54) is 0 Å². The molecule has 0 saturated carbocycles. The first-order chi connectivity index (χ1) is 8.63. The SMILES string of the molecule is CCNc1ccnc(C(=O)N(C)C(CC)CC)c1. The first-order valence-corrected chi connectivity index (χ1v) is 6.61. The smallest absolute Gasteiger partial charge is 0.272 e. The molecule has 1 amide bonds. The number of anilines is 1. The Bertz CT molecular complexity index is 388. The van der Waals surface area contributed by atoms with Crippen molar-refractivity contribution in [1.82, 2.24) is 9.88 Å². The maximum atomic E-state index is 12.3. The summed E-state index contributed by atoms with van der Waals surface area (Å²) in [5.41, 5.74) is 1.44. The van der Waals surface area contributed by atoms with E-state index in [0.717, 1.165) is 25.1 Å². The van der Waals surface area contributed by atoms with Crippen LogP contribution in [-0.4, -0.2) is 35.4 Å². The molecule has 1 aromatic rings. The zero-order valence-corrected chi connectivity index (χ0v) is 11.7. The molecule has 0 unspecified atom stereocenters. The Labute approximate surface area is 109 Å². The number of nitrogens with one attached hydrogen (secondary N) is 1. The molecule has 0 aliphatic heterocycles. The average Bonchev–Trinajstić information content (AvgIpc) is 2.40. The third-order valence-electron chi connectivity index (χ3n) is 3.17. The maximum Gasteiger partial charge on any atom is 0.272 e. The second-order valence-corrected chi connectivity index (χ2v) is 4.35. The van der Waals surface area contributed by atoms with E-state index in [2.05, 4.69) is 24.1 Å². The molecular formula is C14H23N3O. The van der Waals surface area contributed by atoms with Crippen molar-refractivity contribution in [2.45, 2.75) is 39.7 Å². The van der Waals surface area contributed by atoms with E-state index in [4.69, 9.17) is 0 Å². The minimum atomic E-state index is -0.0107. The Morgan fingerprint density at radius 3 is 2.61 bits per heavy atom. The number of pyridine rings is 1. The largest absolute Gasteiger partial charge is 0.385 e. The summed E-state index contributed by atoms with van der Waals surface area (Å²) in [6.45, 7) is 7.05. The third kappa shape index (κ3) is 3.45. The fraction of sp³-hybridized carbons (Fsp3) is 0.571. The van der Waals surface area contributed by atoms with Crippen LogP contribution >= 0.6 is 0 Å². The Hall–Kier alpha value is -1.58. The first-order valence-electron chi connectivity index (χ1n) is 6.61. The highest BCUT2D eigenvalue weighted by Crippen LogP contribution is 2.13. The van der Waals surface area contributed by atoms with Crippen LogP contribution in [0.25, 0.3) is 0 Å². The normalized spacial score (nSPS) is 10.5. The lowest BCUT2D eigenvalue weighted by Crippen LogP contribution is -2.36. The van der Waals surface area contributed by atoms with Crippen molar-refractivity contribution < 1.29 is 4.79 Å². The van der Waals surface area contributed by atoms with Crippen molar-refractivity contribution in [3.05, 3.63) is 24.0 Å². The summed E-state index contributed by atoms with van der Waals surface area (Å²) in [5, 5.41) is 3.19. The molecule has 1 heterocycles. The average molecular weight is 249 g/mol. The monoisotopic (exact) mass is 249 g/mol. The third-order valence-corrected chi connectivity index (χ3v) is 3.17. The minimum Gasteiger partial charge on any atom is -0.385 e. The Morgan fingerprint density at radius 1 is 1.39 bits per heavy atom. The van der Waals surface area contributed by atoms with E-state index in [0.29, 0.717) is 5.69 Å². The fourth-order valence-electron chi connectivity index (χ4n) is 2.04. The molecule has 0 fully saturated rings. The summed E-state index contributed by atoms with van der Waals surface area (Å²) in [6.07, 6.45) is 3.60. The number of carbonyl (C=O) groups is 1. The van der Waals surface area contributed by atoms with Crippen LogP contribution in [0, 0.1) is 0 Å². The predicted molar refractivity (Wildman–Crippen MR) is 74.9 cm³/mol. The standard InChI is InChI=1S/C14H23N3O/c1-5-12(6-2)17(4)14(18)13-10-11(15-7-3)8-9-16-13/h8-10,12H,5-7H2,1-4H3,(H,15,16). The molecule has 0 aliphatic rings. The molecule has 0 bridgehead atoms. The zero-order chi connectivity index (χ0) is 13.5. The topological polar surface area (TPSA) is 45.2 Å². The second-order valence-electron chi connectivity index (χ2n) is 4.35. The van der Waals surface area contributed by atoms with E-state index >= 15 is 0 Å². The number of hydrogen-bond acceptors (Lipinski definition) is 3. The molecule has 0 aromatic carbocycles. The summed E-state index contributed by atoms with van der Waals surface area (Å²) < 4.78 is 0. The van der Waals surface area contributed by atoms with Crippen molar-refractivity contribution in [2.75, 3.05) is 18.9 Å². The molecule has 0 atom stereocenters. The highest BCUT2D eigenvalue weighted by atomic mass is 16.2. The van der Waals surface area contributed by atoms with Crippen molar-refractivity contribution in [3.63, 3.8) is 0 Å². The molecule has 18 heavy (non-hydrogen) atoms. The van der Waals surface area contributed by atoms with Crippen LogP contribution in [0.2, 0.25) is 0 Å². The van der Waals surface area contributed by atoms with Gasteiger partial charge in [-0.15, -0.1) is 0 Å². The van der Waals surface area contributed by atoms with E-state index in [9.17, 15) is 4.79 Å². The summed E-state index contributed by atoms with van der Waals surface area (Å²) in [7, 11) is 1.85. The highest BCUT2D eigenvalue weighted by molar-refractivity contribution is 5.93. The van der Waals surface area contributed by atoms with E-state index in [1.54, 1.807) is 11.1 Å². The lowest BCUT2D eigenvalue weighted by atomic mass is 10.1. The van der Waals surface area contributed by atoms with Gasteiger partial charge in [0.1, 0.15) is 5.69 Å². The van der Waals surface area contributed by atoms with Gasteiger partial charge in [-0.1, -0.05) is 13.8 Å². The van der Waals surface area contributed by atoms with Crippen LogP contribution in [0.5, 0.6) is 0 Å². The van der Waals surface area contributed by atoms with E-state index in [-0.39, 0.29) is 11.9 Å². The van der Waals surface area contributed by atoms with Gasteiger partial charge in [0.05, 0.1) is 0 Å². The van der Waals surface area contributed by atoms with Gasteiger partial charge < -0.3 is 10.2 Å². The Balaban J connectivity index is 2.85. The van der Waals surface area contributed by atoms with Crippen LogP contribution in [0.4, 0.5) is 5.69 Å². The summed E-state index contributed by atoms with van der Waals surface area (Å²) in [5.74, 6) is -0.0107. The molecule has 1 aromatic heterocycles. The molecule has 100 valence electrons. The molecule has 1 rings (SSSR count). The van der Waals surface area contributed by atoms with Crippen molar-refractivity contribution in [3.8, 4) is 0 Å². The van der Waals surface area contributed by atoms with Crippen LogP contribution in [0.3, 0.4) is 0 Å². The highest BCUT2D eigenvalue weighted by Gasteiger charge is 2.19. The lowest BCUT2D eigenvalue weighted by molar-refractivity contribution is 0.0718. The molecule has 0 saturated heterocycles. The number of nitrogens with zero attached hydrogens (tertiary/aromatic N) is 2. The fourth-order valence-corrected chi connectivity index (χ4v) is 2.04. The summed E-state index contributed by atoms with van der Waals surface area (Å²) in [4.78, 5) is 18.2. The van der Waals surface area contributed by atoms with Gasteiger partial charge in [0, 0.05) is 31.5 Å². The summed E-state index contributed by atoms with van der Waals surface area (Å²) >= 11 is 0. The van der Waals surface area contributed by atoms with Crippen molar-refractivity contribution in [2.24, 2.45) is 0 Å². The number of rotatable bonds is 6. The van der Waals surface area contributed by atoms with Crippen LogP contribution in [-0.2, 0) is 0 Å². The van der Waals surface area contributed by atoms with Gasteiger partial charge in [0.25, 0.3) is 5.91 Å². The first kappa shape index (κ1) is 14.5. The van der Waals surface area contributed by atoms with Crippen LogP contribution < -0.4 is 5.32 Å². The minimum absolute atomic E-state index is 0.0107. The molecular weight excluding hydrogens is 226 g/mol. The number of hydrogen-bond donors (Lipinski definition) is 1. The number of aromatic nitrogens is 1. The predicted octanol–water partition coefficient (Wildman–Crippen LogP) is 2.77. The second kappa shape index (κ2) is 6.99. The van der Waals surface area contributed by atoms with Crippen molar-refractivity contribution >= 4 is 11.6 Å². The quantitative estimate of drug-likeness (QED) is 0.843. The van der Waals surface area contributed by atoms with Gasteiger partial charge in [-0.25, -0.2) is 0 Å². The molecule has 0 spiro atoms. The Kier molecular flexibility index (Phi) is 5.62. The summed E-state index contributed by atoms with van der Waals surface area (Å²) in [6, 6.07) is 3.96. The Morgan fingerprint density at radius 2 is 2.06 bits per heavy atom. The van der Waals surface area contributed by atoms with E-state index in [1.807, 2.05) is 26.1 Å². The lowest BCUT2D eigenvalue weighted by Gasteiger charge is -2.26. The number of carbonyl (C=O) groups excluding carboxylic acids is 1. The molecule has 0 aliphatic carbocycles. The molecule has 4 heteroatoms. The zero-order valence-electron chi connectivity index (χ0n) is 11.7. The van der Waals surface area contributed by atoms with Crippen LogP contribution in [0.15, 0.2) is 18.3 Å². The molecule has 4 nitrogen and oxygen atoms in total.